The summed E-state index contributed by atoms with van der Waals surface area (Å²) in [5, 5.41) is 1.77. The monoisotopic (exact) mass is 383 g/mol. The van der Waals surface area contributed by atoms with E-state index in [-0.39, 0.29) is 17.7 Å². The van der Waals surface area contributed by atoms with Crippen LogP contribution in [0.25, 0.3) is 0 Å². The molecule has 2 atom stereocenters. The van der Waals surface area contributed by atoms with Gasteiger partial charge in [0, 0.05) is 37.5 Å². The van der Waals surface area contributed by atoms with E-state index in [4.69, 9.17) is 4.74 Å². The summed E-state index contributed by atoms with van der Waals surface area (Å²) in [7, 11) is 0. The molecule has 0 spiro atoms. The van der Waals surface area contributed by atoms with Gasteiger partial charge in [0.05, 0.1) is 24.1 Å². The summed E-state index contributed by atoms with van der Waals surface area (Å²) in [6.07, 6.45) is 0.880. The number of hydrogen-bond acceptors (Lipinski definition) is 5. The summed E-state index contributed by atoms with van der Waals surface area (Å²) in [6, 6.07) is 8.31. The highest BCUT2D eigenvalue weighted by Gasteiger charge is 2.58. The number of likely N-dealkylation sites (tertiary alicyclic amines) is 1. The van der Waals surface area contributed by atoms with E-state index in [0.29, 0.717) is 38.5 Å². The molecule has 27 heavy (non-hydrogen) atoms. The summed E-state index contributed by atoms with van der Waals surface area (Å²) in [6.45, 7) is 3.29. The van der Waals surface area contributed by atoms with Gasteiger partial charge in [0.1, 0.15) is 5.69 Å². The third-order valence-electron chi connectivity index (χ3n) is 6.16. The van der Waals surface area contributed by atoms with E-state index < -0.39 is 5.41 Å². The van der Waals surface area contributed by atoms with Gasteiger partial charge in [-0.05, 0) is 17.5 Å². The predicted octanol–water partition coefficient (Wildman–Crippen LogP) is 1.82. The largest absolute Gasteiger partial charge is 0.380 e. The van der Waals surface area contributed by atoms with Crippen LogP contribution in [-0.4, -0.2) is 59.4 Å². The number of fused-ring (bicyclic) bond motifs is 2. The summed E-state index contributed by atoms with van der Waals surface area (Å²) in [4.78, 5) is 34.2. The van der Waals surface area contributed by atoms with E-state index in [1.165, 1.54) is 22.5 Å². The van der Waals surface area contributed by atoms with Crippen molar-refractivity contribution in [1.29, 1.82) is 0 Å². The van der Waals surface area contributed by atoms with E-state index in [1.54, 1.807) is 15.8 Å². The highest BCUT2D eigenvalue weighted by atomic mass is 32.1. The molecule has 0 radical (unpaired) electrons. The number of rotatable bonds is 2. The van der Waals surface area contributed by atoms with E-state index in [0.717, 1.165) is 13.0 Å². The molecule has 2 amide bonds. The van der Waals surface area contributed by atoms with Crippen LogP contribution in [0, 0.1) is 11.3 Å². The Morgan fingerprint density at radius 2 is 2.07 bits per heavy atom. The first kappa shape index (κ1) is 16.9. The zero-order valence-electron chi connectivity index (χ0n) is 15.0. The minimum absolute atomic E-state index is 0.0600. The lowest BCUT2D eigenvalue weighted by molar-refractivity contribution is -0.143. The second-order valence-corrected chi connectivity index (χ2v) is 8.39. The normalized spacial score (nSPS) is 26.7. The molecule has 3 aliphatic heterocycles. The van der Waals surface area contributed by atoms with Crippen molar-refractivity contribution in [2.24, 2.45) is 11.3 Å². The van der Waals surface area contributed by atoms with Crippen LogP contribution in [0.15, 0.2) is 35.2 Å². The summed E-state index contributed by atoms with van der Waals surface area (Å²) in [5.41, 5.74) is 4.06. The Balaban J connectivity index is 1.38. The van der Waals surface area contributed by atoms with Crippen molar-refractivity contribution in [3.8, 4) is 0 Å². The number of amides is 2. The lowest BCUT2D eigenvalue weighted by Crippen LogP contribution is -2.50. The third-order valence-corrected chi connectivity index (χ3v) is 6.74. The molecule has 2 aromatic rings. The van der Waals surface area contributed by atoms with Crippen LogP contribution in [0.1, 0.15) is 21.6 Å². The summed E-state index contributed by atoms with van der Waals surface area (Å²) >= 11 is 1.41. The number of ether oxygens (including phenoxy) is 1. The Labute approximate surface area is 161 Å². The molecule has 0 bridgehead atoms. The quantitative estimate of drug-likeness (QED) is 0.794. The van der Waals surface area contributed by atoms with E-state index in [9.17, 15) is 9.59 Å². The fourth-order valence-corrected chi connectivity index (χ4v) is 5.18. The van der Waals surface area contributed by atoms with Gasteiger partial charge in [-0.1, -0.05) is 24.3 Å². The van der Waals surface area contributed by atoms with Gasteiger partial charge in [-0.15, -0.1) is 11.3 Å². The molecule has 5 rings (SSSR count). The predicted molar refractivity (Wildman–Crippen MR) is 100 cm³/mol. The number of carbonyl (C=O) groups is 2. The molecule has 1 aromatic carbocycles. The Morgan fingerprint density at radius 1 is 1.22 bits per heavy atom. The maximum atomic E-state index is 13.6. The molecule has 2 saturated heterocycles. The minimum Gasteiger partial charge on any atom is -0.380 e. The van der Waals surface area contributed by atoms with Gasteiger partial charge in [-0.25, -0.2) is 4.98 Å². The van der Waals surface area contributed by atoms with Crippen molar-refractivity contribution in [2.45, 2.75) is 13.0 Å². The summed E-state index contributed by atoms with van der Waals surface area (Å²) < 4.78 is 5.72. The summed E-state index contributed by atoms with van der Waals surface area (Å²) in [5.74, 6) is 0.111. The standard InChI is InChI=1S/C20H21N3O3S/c24-18(17-10-27-13-21-17)23-8-16-9-26-12-20(16,11-23)19(25)22-6-5-14-3-1-2-4-15(14)7-22/h1-4,10,13,16H,5-9,11-12H2/t16?,20-/m1/s1. The van der Waals surface area contributed by atoms with E-state index >= 15 is 0 Å². The topological polar surface area (TPSA) is 62.7 Å². The number of benzene rings is 1. The van der Waals surface area contributed by atoms with Crippen LogP contribution in [0.2, 0.25) is 0 Å². The second kappa shape index (κ2) is 6.42. The van der Waals surface area contributed by atoms with Crippen LogP contribution < -0.4 is 0 Å². The van der Waals surface area contributed by atoms with Crippen molar-refractivity contribution in [2.75, 3.05) is 32.8 Å². The fourth-order valence-electron chi connectivity index (χ4n) is 4.66. The smallest absolute Gasteiger partial charge is 0.273 e. The van der Waals surface area contributed by atoms with E-state index in [2.05, 4.69) is 23.2 Å². The number of carbonyl (C=O) groups excluding carboxylic acids is 2. The zero-order chi connectivity index (χ0) is 18.4. The number of thiazole rings is 1. The molecule has 6 nitrogen and oxygen atoms in total. The van der Waals surface area contributed by atoms with Gasteiger partial charge in [0.15, 0.2) is 0 Å². The van der Waals surface area contributed by atoms with Gasteiger partial charge < -0.3 is 14.5 Å². The number of aromatic nitrogens is 1. The molecule has 0 aliphatic carbocycles. The Hall–Kier alpha value is -2.25. The van der Waals surface area contributed by atoms with Gasteiger partial charge in [-0.3, -0.25) is 9.59 Å². The first-order valence-electron chi connectivity index (χ1n) is 9.29. The molecule has 3 aliphatic rings. The van der Waals surface area contributed by atoms with Gasteiger partial charge in [0.2, 0.25) is 5.91 Å². The van der Waals surface area contributed by atoms with Gasteiger partial charge in [0.25, 0.3) is 5.91 Å². The minimum atomic E-state index is -0.613. The molecule has 0 N–H and O–H groups in total. The van der Waals surface area contributed by atoms with Crippen molar-refractivity contribution in [3.63, 3.8) is 0 Å². The SMILES string of the molecule is O=C(c1cscn1)N1CC2COC[C@]2(C(=O)N2CCc3ccccc3C2)C1. The molecule has 140 valence electrons. The maximum absolute atomic E-state index is 13.6. The molecule has 0 saturated carbocycles. The first-order chi connectivity index (χ1) is 13.2. The Bertz CT molecular complexity index is 884. The Morgan fingerprint density at radius 3 is 2.89 bits per heavy atom. The Kier molecular flexibility index (Phi) is 4.02. The fraction of sp³-hybridized carbons (Fsp3) is 0.450. The van der Waals surface area contributed by atoms with Crippen molar-refractivity contribution in [3.05, 3.63) is 52.0 Å². The number of hydrogen-bond donors (Lipinski definition) is 0. The molecule has 2 fully saturated rings. The van der Waals surface area contributed by atoms with E-state index in [1.807, 2.05) is 11.0 Å². The average molecular weight is 383 g/mol. The van der Waals surface area contributed by atoms with Crippen LogP contribution in [0.3, 0.4) is 0 Å². The highest BCUT2D eigenvalue weighted by molar-refractivity contribution is 7.07. The average Bonchev–Trinajstić information content (AvgIpc) is 3.42. The van der Waals surface area contributed by atoms with Crippen LogP contribution in [0.4, 0.5) is 0 Å². The third kappa shape index (κ3) is 2.68. The molecular formula is C20H21N3O3S. The van der Waals surface area contributed by atoms with Crippen molar-refractivity contribution < 1.29 is 14.3 Å². The van der Waals surface area contributed by atoms with Crippen molar-refractivity contribution >= 4 is 23.2 Å². The molecular weight excluding hydrogens is 362 g/mol. The van der Waals surface area contributed by atoms with Gasteiger partial charge >= 0.3 is 0 Å². The zero-order valence-corrected chi connectivity index (χ0v) is 15.8. The lowest BCUT2D eigenvalue weighted by Gasteiger charge is -2.36. The van der Waals surface area contributed by atoms with Crippen LogP contribution in [-0.2, 0) is 22.5 Å². The van der Waals surface area contributed by atoms with Crippen LogP contribution >= 0.6 is 11.3 Å². The molecule has 1 unspecified atom stereocenters. The molecule has 7 heteroatoms. The first-order valence-corrected chi connectivity index (χ1v) is 10.2. The second-order valence-electron chi connectivity index (χ2n) is 7.67. The highest BCUT2D eigenvalue weighted by Crippen LogP contribution is 2.44. The number of nitrogens with zero attached hydrogens (tertiary/aromatic N) is 3. The lowest BCUT2D eigenvalue weighted by atomic mass is 9.79. The molecule has 1 aromatic heterocycles. The van der Waals surface area contributed by atoms with Gasteiger partial charge in [-0.2, -0.15) is 0 Å². The molecule has 4 heterocycles. The van der Waals surface area contributed by atoms with Crippen LogP contribution in [0.5, 0.6) is 0 Å². The van der Waals surface area contributed by atoms with Crippen molar-refractivity contribution in [1.82, 2.24) is 14.8 Å². The maximum Gasteiger partial charge on any atom is 0.273 e.